The smallest absolute Gasteiger partial charge is 0.295 e. The molecule has 0 aromatic heterocycles. The van der Waals surface area contributed by atoms with Crippen LogP contribution in [0, 0.1) is 0 Å². The highest BCUT2D eigenvalue weighted by Gasteiger charge is 2.45. The van der Waals surface area contributed by atoms with Crippen LogP contribution in [0.1, 0.15) is 17.2 Å². The second-order valence-corrected chi connectivity index (χ2v) is 7.63. The summed E-state index contributed by atoms with van der Waals surface area (Å²) in [6.07, 6.45) is 1.57. The van der Waals surface area contributed by atoms with E-state index >= 15 is 0 Å². The molecule has 2 aromatic rings. The number of likely N-dealkylation sites (tertiary alicyclic amines) is 1. The summed E-state index contributed by atoms with van der Waals surface area (Å²) in [5.74, 6) is -1.52. The molecule has 1 saturated heterocycles. The van der Waals surface area contributed by atoms with E-state index in [1.807, 2.05) is 24.3 Å². The molecule has 4 nitrogen and oxygen atoms in total. The lowest BCUT2D eigenvalue weighted by atomic mass is 9.95. The predicted octanol–water partition coefficient (Wildman–Crippen LogP) is 4.82. The van der Waals surface area contributed by atoms with E-state index < -0.39 is 17.7 Å². The molecule has 6 heteroatoms. The highest BCUT2D eigenvalue weighted by atomic mass is 79.9. The number of amides is 1. The lowest BCUT2D eigenvalue weighted by Crippen LogP contribution is -2.29. The van der Waals surface area contributed by atoms with Crippen molar-refractivity contribution in [3.63, 3.8) is 0 Å². The van der Waals surface area contributed by atoms with Crippen molar-refractivity contribution < 1.29 is 14.7 Å². The quantitative estimate of drug-likeness (QED) is 0.298. The van der Waals surface area contributed by atoms with Crippen LogP contribution in [0.3, 0.4) is 0 Å². The van der Waals surface area contributed by atoms with Crippen LogP contribution in [-0.4, -0.2) is 28.2 Å². The van der Waals surface area contributed by atoms with Gasteiger partial charge in [-0.25, -0.2) is 0 Å². The van der Waals surface area contributed by atoms with Gasteiger partial charge in [0, 0.05) is 21.1 Å². The normalized spacial score (nSPS) is 19.0. The molecule has 0 radical (unpaired) electrons. The predicted molar refractivity (Wildman–Crippen MR) is 107 cm³/mol. The Morgan fingerprint density at radius 1 is 1.04 bits per heavy atom. The Morgan fingerprint density at radius 3 is 2.12 bits per heavy atom. The van der Waals surface area contributed by atoms with Crippen molar-refractivity contribution in [2.24, 2.45) is 0 Å². The van der Waals surface area contributed by atoms with E-state index in [9.17, 15) is 14.7 Å². The summed E-state index contributed by atoms with van der Waals surface area (Å²) in [4.78, 5) is 26.6. The third-order valence-corrected chi connectivity index (χ3v) is 5.23. The minimum absolute atomic E-state index is 0.0847. The number of nitrogens with zero attached hydrogens (tertiary/aromatic N) is 1. The van der Waals surface area contributed by atoms with Crippen molar-refractivity contribution >= 4 is 49.3 Å². The van der Waals surface area contributed by atoms with E-state index in [1.165, 1.54) is 4.90 Å². The van der Waals surface area contributed by atoms with Crippen LogP contribution < -0.4 is 0 Å². The second kappa shape index (κ2) is 7.60. The van der Waals surface area contributed by atoms with Gasteiger partial charge in [-0.1, -0.05) is 62.2 Å². The standard InChI is InChI=1S/C20H15Br2NO3/c1-2-11-23-17(12-3-7-14(21)8-4-12)16(19(25)20(23)26)18(24)13-5-9-15(22)10-6-13/h2-10,17,24H,1,11H2/t17-/m1/s1. The number of hydrogen-bond acceptors (Lipinski definition) is 3. The Hall–Kier alpha value is -2.18. The number of aliphatic hydroxyl groups excluding tert-OH is 1. The van der Waals surface area contributed by atoms with Gasteiger partial charge < -0.3 is 10.0 Å². The van der Waals surface area contributed by atoms with Crippen LogP contribution >= 0.6 is 31.9 Å². The summed E-state index contributed by atoms with van der Waals surface area (Å²) in [6.45, 7) is 3.88. The van der Waals surface area contributed by atoms with Crippen LogP contribution in [0.2, 0.25) is 0 Å². The number of carbonyl (C=O) groups excluding carboxylic acids is 2. The van der Waals surface area contributed by atoms with E-state index in [0.717, 1.165) is 14.5 Å². The average molecular weight is 477 g/mol. The van der Waals surface area contributed by atoms with Gasteiger partial charge in [-0.05, 0) is 29.8 Å². The van der Waals surface area contributed by atoms with E-state index in [2.05, 4.69) is 38.4 Å². The van der Waals surface area contributed by atoms with E-state index in [1.54, 1.807) is 30.3 Å². The fourth-order valence-corrected chi connectivity index (χ4v) is 3.49. The molecule has 1 atom stereocenters. The second-order valence-electron chi connectivity index (χ2n) is 5.80. The first kappa shape index (κ1) is 18.6. The van der Waals surface area contributed by atoms with Crippen molar-refractivity contribution in [2.45, 2.75) is 6.04 Å². The molecular formula is C20H15Br2NO3. The first-order valence-corrected chi connectivity index (χ1v) is 9.43. The number of benzene rings is 2. The van der Waals surface area contributed by atoms with Gasteiger partial charge in [0.2, 0.25) is 0 Å². The first-order valence-electron chi connectivity index (χ1n) is 7.84. The van der Waals surface area contributed by atoms with Gasteiger partial charge >= 0.3 is 0 Å². The zero-order chi connectivity index (χ0) is 18.8. The molecule has 26 heavy (non-hydrogen) atoms. The average Bonchev–Trinajstić information content (AvgIpc) is 2.88. The minimum atomic E-state index is -0.694. The maximum Gasteiger partial charge on any atom is 0.295 e. The molecule has 3 rings (SSSR count). The molecule has 1 N–H and O–H groups in total. The van der Waals surface area contributed by atoms with Crippen LogP contribution in [0.15, 0.2) is 75.7 Å². The fraction of sp³-hybridized carbons (Fsp3) is 0.100. The number of aliphatic hydroxyl groups is 1. The molecule has 1 amide bonds. The van der Waals surface area contributed by atoms with Crippen molar-refractivity contribution in [1.29, 1.82) is 0 Å². The molecule has 0 bridgehead atoms. The van der Waals surface area contributed by atoms with E-state index in [0.29, 0.717) is 5.56 Å². The monoisotopic (exact) mass is 475 g/mol. The number of halogens is 2. The van der Waals surface area contributed by atoms with Crippen molar-refractivity contribution in [3.8, 4) is 0 Å². The van der Waals surface area contributed by atoms with Crippen LogP contribution in [-0.2, 0) is 9.59 Å². The molecule has 0 unspecified atom stereocenters. The van der Waals surface area contributed by atoms with Crippen molar-refractivity contribution in [2.75, 3.05) is 6.54 Å². The van der Waals surface area contributed by atoms with Gasteiger partial charge in [0.1, 0.15) is 5.76 Å². The summed E-state index contributed by atoms with van der Waals surface area (Å²) >= 11 is 6.72. The molecule has 1 heterocycles. The van der Waals surface area contributed by atoms with E-state index in [4.69, 9.17) is 0 Å². The number of ketones is 1. The molecule has 0 aliphatic carbocycles. The Kier molecular flexibility index (Phi) is 5.44. The van der Waals surface area contributed by atoms with Gasteiger partial charge in [0.25, 0.3) is 11.7 Å². The van der Waals surface area contributed by atoms with Gasteiger partial charge in [0.05, 0.1) is 11.6 Å². The van der Waals surface area contributed by atoms with Crippen molar-refractivity contribution in [1.82, 2.24) is 4.90 Å². The number of rotatable bonds is 4. The SMILES string of the molecule is C=CCN1C(=O)C(=O)C(=C(O)c2ccc(Br)cc2)[C@H]1c1ccc(Br)cc1. The molecule has 1 aliphatic rings. The van der Waals surface area contributed by atoms with Crippen LogP contribution in [0.5, 0.6) is 0 Å². The molecule has 132 valence electrons. The lowest BCUT2D eigenvalue weighted by molar-refractivity contribution is -0.139. The first-order chi connectivity index (χ1) is 12.4. The Labute approximate surface area is 168 Å². The summed E-state index contributed by atoms with van der Waals surface area (Å²) in [5.41, 5.74) is 1.31. The topological polar surface area (TPSA) is 57.6 Å². The maximum absolute atomic E-state index is 12.7. The summed E-state index contributed by atoms with van der Waals surface area (Å²) in [6, 6.07) is 13.6. The van der Waals surface area contributed by atoms with Crippen molar-refractivity contribution in [3.05, 3.63) is 86.8 Å². The van der Waals surface area contributed by atoms with Gasteiger partial charge in [0.15, 0.2) is 0 Å². The largest absolute Gasteiger partial charge is 0.507 e. The van der Waals surface area contributed by atoms with Gasteiger partial charge in [-0.3, -0.25) is 9.59 Å². The molecule has 0 saturated carbocycles. The zero-order valence-electron chi connectivity index (χ0n) is 13.7. The molecular weight excluding hydrogens is 462 g/mol. The maximum atomic E-state index is 12.7. The number of Topliss-reactive ketones (excluding diaryl/α,β-unsaturated/α-hetero) is 1. The zero-order valence-corrected chi connectivity index (χ0v) is 16.8. The molecule has 1 aliphatic heterocycles. The van der Waals surface area contributed by atoms with Crippen LogP contribution in [0.25, 0.3) is 5.76 Å². The highest BCUT2D eigenvalue weighted by Crippen LogP contribution is 2.39. The highest BCUT2D eigenvalue weighted by molar-refractivity contribution is 9.10. The third kappa shape index (κ3) is 3.39. The minimum Gasteiger partial charge on any atom is -0.507 e. The Balaban J connectivity index is 2.18. The molecule has 2 aromatic carbocycles. The molecule has 0 spiro atoms. The Bertz CT molecular complexity index is 902. The van der Waals surface area contributed by atoms with E-state index in [-0.39, 0.29) is 17.9 Å². The lowest BCUT2D eigenvalue weighted by Gasteiger charge is -2.24. The number of carbonyl (C=O) groups is 2. The summed E-state index contributed by atoms with van der Waals surface area (Å²) < 4.78 is 1.74. The third-order valence-electron chi connectivity index (χ3n) is 4.17. The Morgan fingerprint density at radius 2 is 1.58 bits per heavy atom. The van der Waals surface area contributed by atoms with Gasteiger partial charge in [-0.2, -0.15) is 0 Å². The number of hydrogen-bond donors (Lipinski definition) is 1. The molecule has 1 fully saturated rings. The fourth-order valence-electron chi connectivity index (χ4n) is 2.96. The van der Waals surface area contributed by atoms with Crippen LogP contribution in [0.4, 0.5) is 0 Å². The summed E-state index contributed by atoms with van der Waals surface area (Å²) in [7, 11) is 0. The summed E-state index contributed by atoms with van der Waals surface area (Å²) in [5, 5.41) is 10.8. The van der Waals surface area contributed by atoms with Gasteiger partial charge in [-0.15, -0.1) is 6.58 Å².